The lowest BCUT2D eigenvalue weighted by Crippen LogP contribution is -2.21. The molecule has 0 saturated heterocycles. The zero-order valence-corrected chi connectivity index (χ0v) is 13.2. The van der Waals surface area contributed by atoms with Crippen molar-refractivity contribution < 1.29 is 4.39 Å². The van der Waals surface area contributed by atoms with Gasteiger partial charge in [-0.05, 0) is 42.5 Å². The van der Waals surface area contributed by atoms with E-state index in [1.807, 2.05) is 24.3 Å². The molecule has 0 spiro atoms. The van der Waals surface area contributed by atoms with Crippen LogP contribution in [-0.2, 0) is 0 Å². The zero-order valence-electron chi connectivity index (χ0n) is 10.0. The van der Waals surface area contributed by atoms with Crippen molar-refractivity contribution >= 4 is 37.5 Å². The molecule has 2 aromatic rings. The molecule has 0 saturated carbocycles. The lowest BCUT2D eigenvalue weighted by Gasteiger charge is -2.19. The van der Waals surface area contributed by atoms with Crippen LogP contribution in [0.25, 0.3) is 0 Å². The van der Waals surface area contributed by atoms with E-state index in [1.165, 1.54) is 6.07 Å². The first kappa shape index (κ1) is 14.5. The summed E-state index contributed by atoms with van der Waals surface area (Å²) >= 11 is 6.72. The van der Waals surface area contributed by atoms with Gasteiger partial charge in [0.15, 0.2) is 0 Å². The number of rotatable bonds is 4. The van der Waals surface area contributed by atoms with Crippen LogP contribution in [0.2, 0.25) is 0 Å². The van der Waals surface area contributed by atoms with Gasteiger partial charge in [0.05, 0.1) is 6.04 Å². The smallest absolute Gasteiger partial charge is 0.128 e. The molecule has 5 heteroatoms. The fraction of sp³-hybridized carbons (Fsp3) is 0.143. The maximum atomic E-state index is 13.8. The molecule has 1 unspecified atom stereocenters. The van der Waals surface area contributed by atoms with Crippen molar-refractivity contribution in [3.05, 3.63) is 62.8 Å². The summed E-state index contributed by atoms with van der Waals surface area (Å²) in [4.78, 5) is 0. The first-order chi connectivity index (χ1) is 9.10. The molecule has 19 heavy (non-hydrogen) atoms. The quantitative estimate of drug-likeness (QED) is 0.812. The van der Waals surface area contributed by atoms with Crippen molar-refractivity contribution in [3.8, 4) is 0 Å². The Morgan fingerprint density at radius 3 is 2.32 bits per heavy atom. The highest BCUT2D eigenvalue weighted by atomic mass is 79.9. The van der Waals surface area contributed by atoms with Gasteiger partial charge in [0.25, 0.3) is 0 Å². The van der Waals surface area contributed by atoms with Crippen molar-refractivity contribution in [2.75, 3.05) is 11.9 Å². The molecule has 2 aromatic carbocycles. The highest BCUT2D eigenvalue weighted by Crippen LogP contribution is 2.25. The van der Waals surface area contributed by atoms with Crippen LogP contribution in [-0.4, -0.2) is 6.54 Å². The molecule has 0 bridgehead atoms. The van der Waals surface area contributed by atoms with Crippen LogP contribution >= 0.6 is 31.9 Å². The Labute approximate surface area is 128 Å². The number of anilines is 1. The minimum atomic E-state index is -0.265. The number of hydrogen-bond donors (Lipinski definition) is 2. The molecule has 1 atom stereocenters. The number of nitrogens with one attached hydrogen (secondary N) is 1. The van der Waals surface area contributed by atoms with Gasteiger partial charge in [-0.2, -0.15) is 0 Å². The molecular formula is C14H13Br2FN2. The monoisotopic (exact) mass is 386 g/mol. The zero-order chi connectivity index (χ0) is 13.8. The minimum Gasteiger partial charge on any atom is -0.377 e. The van der Waals surface area contributed by atoms with Crippen molar-refractivity contribution in [2.24, 2.45) is 5.73 Å². The summed E-state index contributed by atoms with van der Waals surface area (Å²) < 4.78 is 15.7. The van der Waals surface area contributed by atoms with Gasteiger partial charge in [-0.25, -0.2) is 4.39 Å². The molecule has 2 rings (SSSR count). The summed E-state index contributed by atoms with van der Waals surface area (Å²) in [5, 5.41) is 3.23. The number of halogens is 3. The topological polar surface area (TPSA) is 38.0 Å². The fourth-order valence-electron chi connectivity index (χ4n) is 1.79. The molecule has 2 nitrogen and oxygen atoms in total. The van der Waals surface area contributed by atoms with Gasteiger partial charge in [0, 0.05) is 26.7 Å². The van der Waals surface area contributed by atoms with E-state index in [-0.39, 0.29) is 11.9 Å². The highest BCUT2D eigenvalue weighted by molar-refractivity contribution is 9.10. The Morgan fingerprint density at radius 2 is 1.68 bits per heavy atom. The van der Waals surface area contributed by atoms with E-state index < -0.39 is 0 Å². The number of hydrogen-bond acceptors (Lipinski definition) is 2. The first-order valence-electron chi connectivity index (χ1n) is 5.77. The van der Waals surface area contributed by atoms with Crippen LogP contribution in [0.3, 0.4) is 0 Å². The number of benzene rings is 2. The van der Waals surface area contributed by atoms with Gasteiger partial charge in [-0.3, -0.25) is 0 Å². The second-order valence-corrected chi connectivity index (χ2v) is 5.94. The molecular weight excluding hydrogens is 375 g/mol. The van der Waals surface area contributed by atoms with Crippen molar-refractivity contribution in [1.29, 1.82) is 0 Å². The highest BCUT2D eigenvalue weighted by Gasteiger charge is 2.14. The van der Waals surface area contributed by atoms with Gasteiger partial charge >= 0.3 is 0 Å². The standard InChI is InChI=1S/C14H13Br2FN2/c15-9-1-4-11(5-2-9)19-14(8-18)12-7-10(16)3-6-13(12)17/h1-7,14,19H,8,18H2. The molecule has 0 radical (unpaired) electrons. The van der Waals surface area contributed by atoms with Crippen molar-refractivity contribution in [2.45, 2.75) is 6.04 Å². The average molecular weight is 388 g/mol. The van der Waals surface area contributed by atoms with Crippen LogP contribution in [0.15, 0.2) is 51.4 Å². The van der Waals surface area contributed by atoms with Gasteiger partial charge in [0.2, 0.25) is 0 Å². The normalized spacial score (nSPS) is 12.2. The maximum Gasteiger partial charge on any atom is 0.128 e. The minimum absolute atomic E-state index is 0.261. The molecule has 0 aromatic heterocycles. The fourth-order valence-corrected chi connectivity index (χ4v) is 2.44. The SMILES string of the molecule is NCC(Nc1ccc(Br)cc1)c1cc(Br)ccc1F. The van der Waals surface area contributed by atoms with Crippen molar-refractivity contribution in [3.63, 3.8) is 0 Å². The molecule has 0 aliphatic carbocycles. The van der Waals surface area contributed by atoms with Crippen LogP contribution in [0.1, 0.15) is 11.6 Å². The second-order valence-electron chi connectivity index (χ2n) is 4.11. The summed E-state index contributed by atoms with van der Waals surface area (Å²) in [6.07, 6.45) is 0. The Balaban J connectivity index is 2.24. The maximum absolute atomic E-state index is 13.8. The van der Waals surface area contributed by atoms with E-state index in [9.17, 15) is 4.39 Å². The Kier molecular flexibility index (Phi) is 4.96. The van der Waals surface area contributed by atoms with E-state index in [2.05, 4.69) is 37.2 Å². The van der Waals surface area contributed by atoms with Crippen LogP contribution in [0, 0.1) is 5.82 Å². The van der Waals surface area contributed by atoms with Gasteiger partial charge in [-0.15, -0.1) is 0 Å². The van der Waals surface area contributed by atoms with E-state index in [1.54, 1.807) is 12.1 Å². The van der Waals surface area contributed by atoms with Gasteiger partial charge in [-0.1, -0.05) is 31.9 Å². The summed E-state index contributed by atoms with van der Waals surface area (Å²) in [5.74, 6) is -0.261. The van der Waals surface area contributed by atoms with E-state index >= 15 is 0 Å². The molecule has 0 heterocycles. The summed E-state index contributed by atoms with van der Waals surface area (Å²) in [5.41, 5.74) is 7.20. The number of nitrogens with two attached hydrogens (primary N) is 1. The van der Waals surface area contributed by atoms with Crippen molar-refractivity contribution in [1.82, 2.24) is 0 Å². The molecule has 0 fully saturated rings. The van der Waals surface area contributed by atoms with Crippen LogP contribution < -0.4 is 11.1 Å². The first-order valence-corrected chi connectivity index (χ1v) is 7.36. The van der Waals surface area contributed by atoms with E-state index in [0.717, 1.165) is 14.6 Å². The largest absolute Gasteiger partial charge is 0.377 e. The predicted octanol–water partition coefficient (Wildman–Crippen LogP) is 4.46. The third kappa shape index (κ3) is 3.78. The lowest BCUT2D eigenvalue weighted by atomic mass is 10.1. The van der Waals surface area contributed by atoms with Gasteiger partial charge in [0.1, 0.15) is 5.82 Å². The summed E-state index contributed by atoms with van der Waals surface area (Å²) in [6, 6.07) is 12.3. The van der Waals surface area contributed by atoms with E-state index in [4.69, 9.17) is 5.73 Å². The molecule has 0 aliphatic heterocycles. The van der Waals surface area contributed by atoms with E-state index in [0.29, 0.717) is 12.1 Å². The Bertz CT molecular complexity index is 558. The van der Waals surface area contributed by atoms with Crippen LogP contribution in [0.5, 0.6) is 0 Å². The molecule has 0 amide bonds. The molecule has 0 aliphatic rings. The third-order valence-electron chi connectivity index (χ3n) is 2.75. The second kappa shape index (κ2) is 6.50. The Morgan fingerprint density at radius 1 is 1.05 bits per heavy atom. The lowest BCUT2D eigenvalue weighted by molar-refractivity contribution is 0.593. The van der Waals surface area contributed by atoms with Crippen LogP contribution in [0.4, 0.5) is 10.1 Å². The summed E-state index contributed by atoms with van der Waals surface area (Å²) in [7, 11) is 0. The molecule has 100 valence electrons. The summed E-state index contributed by atoms with van der Waals surface area (Å²) in [6.45, 7) is 0.309. The third-order valence-corrected chi connectivity index (χ3v) is 3.78. The average Bonchev–Trinajstić information content (AvgIpc) is 2.41. The Hall–Kier alpha value is -0.910. The molecule has 3 N–H and O–H groups in total. The van der Waals surface area contributed by atoms with Gasteiger partial charge < -0.3 is 11.1 Å². The predicted molar refractivity (Wildman–Crippen MR) is 83.7 cm³/mol.